The fourth-order valence-electron chi connectivity index (χ4n) is 10.8. The lowest BCUT2D eigenvalue weighted by Gasteiger charge is -2.63. The Balaban J connectivity index is 1.04. The lowest BCUT2D eigenvalue weighted by molar-refractivity contribution is -0.209. The molecule has 11 atom stereocenters. The minimum atomic E-state index is -0.754. The summed E-state index contributed by atoms with van der Waals surface area (Å²) in [5.74, 6) is 1.68. The highest BCUT2D eigenvalue weighted by atomic mass is 33.1. The number of carbonyl (C=O) groups is 2. The molecule has 0 saturated heterocycles. The predicted molar refractivity (Wildman–Crippen MR) is 199 cm³/mol. The van der Waals surface area contributed by atoms with Crippen LogP contribution in [0.15, 0.2) is 29.2 Å². The molecule has 4 N–H and O–H groups in total. The van der Waals surface area contributed by atoms with E-state index in [4.69, 9.17) is 4.74 Å². The van der Waals surface area contributed by atoms with Gasteiger partial charge < -0.3 is 25.4 Å². The number of ether oxygens (including phenoxy) is 1. The van der Waals surface area contributed by atoms with E-state index in [1.165, 1.54) is 10.5 Å². The summed E-state index contributed by atoms with van der Waals surface area (Å²) in [4.78, 5) is 25.0. The van der Waals surface area contributed by atoms with Crippen molar-refractivity contribution in [2.24, 2.45) is 51.8 Å². The Morgan fingerprint density at radius 1 is 1.02 bits per heavy atom. The van der Waals surface area contributed by atoms with Crippen LogP contribution in [0, 0.1) is 51.8 Å². The number of rotatable bonds is 14. The van der Waals surface area contributed by atoms with Crippen molar-refractivity contribution < 1.29 is 29.6 Å². The van der Waals surface area contributed by atoms with Crippen LogP contribution in [-0.4, -0.2) is 64.4 Å². The summed E-state index contributed by atoms with van der Waals surface area (Å²) >= 11 is 0. The van der Waals surface area contributed by atoms with Crippen LogP contribution in [0.25, 0.3) is 0 Å². The zero-order chi connectivity index (χ0) is 35.6. The first-order valence-electron chi connectivity index (χ1n) is 19.0. The molecule has 4 saturated carbocycles. The summed E-state index contributed by atoms with van der Waals surface area (Å²) in [6, 6.07) is 8.75. The highest BCUT2D eigenvalue weighted by molar-refractivity contribution is 8.76. The maximum Gasteiger partial charge on any atom is 0.303 e. The largest absolute Gasteiger partial charge is 0.481 e. The fourth-order valence-corrected chi connectivity index (χ4v) is 12.8. The standard InChI is InChI=1S/C40H63NO6S2/c1-25(7-14-36(45)46)30-12-13-31-37-32(23-34(43)40(30,31)6)39(5)17-15-28(21-27(39)22-33(37)42)47-19-18-41-35(44)16-20-48-49-29-10-8-26(9-11-29)24-38(2,3)4/h8-11,25,27-28,30-34,37,42-43H,7,12-24H2,1-6H3,(H,41,44)(H,45,46)/t25-,27+,28-,30+,31+,32+,33-,34+,37+,39+,40-/m0/s1. The molecule has 0 radical (unpaired) electrons. The molecule has 5 rings (SSSR count). The molecule has 0 aliphatic heterocycles. The van der Waals surface area contributed by atoms with E-state index in [1.807, 2.05) is 0 Å². The highest BCUT2D eigenvalue weighted by Gasteiger charge is 2.65. The Morgan fingerprint density at radius 3 is 2.45 bits per heavy atom. The van der Waals surface area contributed by atoms with Gasteiger partial charge in [-0.1, -0.05) is 75.3 Å². The number of benzene rings is 1. The molecule has 1 amide bonds. The van der Waals surface area contributed by atoms with Gasteiger partial charge in [-0.3, -0.25) is 9.59 Å². The van der Waals surface area contributed by atoms with E-state index < -0.39 is 12.1 Å². The Hall–Kier alpha value is -1.26. The minimum Gasteiger partial charge on any atom is -0.481 e. The number of nitrogens with one attached hydrogen (secondary N) is 1. The van der Waals surface area contributed by atoms with Crippen molar-refractivity contribution in [1.82, 2.24) is 5.32 Å². The summed E-state index contributed by atoms with van der Waals surface area (Å²) in [6.07, 6.45) is 8.12. The third-order valence-electron chi connectivity index (χ3n) is 13.3. The molecular weight excluding hydrogens is 655 g/mol. The first-order chi connectivity index (χ1) is 23.1. The molecule has 0 aromatic heterocycles. The molecule has 0 spiro atoms. The lowest BCUT2D eigenvalue weighted by Crippen LogP contribution is -2.62. The number of aliphatic carboxylic acids is 1. The number of fused-ring (bicyclic) bond motifs is 5. The number of carboxylic acids is 1. The summed E-state index contributed by atoms with van der Waals surface area (Å²) in [5, 5.41) is 35.8. The van der Waals surface area contributed by atoms with Crippen LogP contribution in [-0.2, 0) is 20.7 Å². The second-order valence-corrected chi connectivity index (χ2v) is 20.2. The van der Waals surface area contributed by atoms with Crippen LogP contribution in [0.3, 0.4) is 0 Å². The Bertz CT molecular complexity index is 1270. The predicted octanol–water partition coefficient (Wildman–Crippen LogP) is 8.01. The minimum absolute atomic E-state index is 0.0585. The van der Waals surface area contributed by atoms with Crippen molar-refractivity contribution in [3.8, 4) is 0 Å². The molecule has 0 bridgehead atoms. The third-order valence-corrected chi connectivity index (χ3v) is 15.7. The SMILES string of the molecule is C[C@@H](CCC(=O)O)[C@H]1CC[C@@H]2[C@@H]3[C@@H](C[C@@H](O)[C@]21C)[C@]1(C)CC[C@H](OCCNC(=O)CCSSc2ccc(CC(C)(C)C)cc2)C[C@@H]1C[C@@H]3O. The second-order valence-electron chi connectivity index (χ2n) is 17.7. The number of hydrogen-bond acceptors (Lipinski definition) is 7. The van der Waals surface area contributed by atoms with Crippen molar-refractivity contribution in [2.75, 3.05) is 18.9 Å². The summed E-state index contributed by atoms with van der Waals surface area (Å²) in [6.45, 7) is 14.6. The van der Waals surface area contributed by atoms with E-state index in [9.17, 15) is 24.9 Å². The van der Waals surface area contributed by atoms with Crippen LogP contribution in [0.4, 0.5) is 0 Å². The van der Waals surface area contributed by atoms with E-state index in [-0.39, 0.29) is 70.4 Å². The van der Waals surface area contributed by atoms with Gasteiger partial charge in [0, 0.05) is 30.0 Å². The van der Waals surface area contributed by atoms with Crippen molar-refractivity contribution in [3.05, 3.63) is 29.8 Å². The number of carboxylic acid groups (broad SMARTS) is 1. The molecule has 1 aromatic carbocycles. The molecule has 9 heteroatoms. The molecular formula is C40H63NO6S2. The van der Waals surface area contributed by atoms with Gasteiger partial charge in [0.05, 0.1) is 24.9 Å². The molecule has 0 heterocycles. The van der Waals surface area contributed by atoms with E-state index in [2.05, 4.69) is 71.1 Å². The van der Waals surface area contributed by atoms with Crippen LogP contribution in [0.1, 0.15) is 111 Å². The van der Waals surface area contributed by atoms with Gasteiger partial charge in [0.2, 0.25) is 5.91 Å². The van der Waals surface area contributed by atoms with Crippen LogP contribution in [0.2, 0.25) is 0 Å². The van der Waals surface area contributed by atoms with Gasteiger partial charge in [-0.05, 0) is 127 Å². The molecule has 4 aliphatic rings. The smallest absolute Gasteiger partial charge is 0.303 e. The summed E-state index contributed by atoms with van der Waals surface area (Å²) in [7, 11) is 3.43. The van der Waals surface area contributed by atoms with Gasteiger partial charge in [-0.25, -0.2) is 0 Å². The van der Waals surface area contributed by atoms with E-state index in [0.29, 0.717) is 31.9 Å². The molecule has 7 nitrogen and oxygen atoms in total. The molecule has 0 unspecified atom stereocenters. The quantitative estimate of drug-likeness (QED) is 0.113. The average molecular weight is 718 g/mol. The van der Waals surface area contributed by atoms with Crippen molar-refractivity contribution in [2.45, 2.75) is 135 Å². The molecule has 4 fully saturated rings. The number of aliphatic hydroxyl groups is 2. The first kappa shape index (κ1) is 39.0. The van der Waals surface area contributed by atoms with Gasteiger partial charge in [-0.15, -0.1) is 0 Å². The zero-order valence-electron chi connectivity index (χ0n) is 30.8. The number of carbonyl (C=O) groups excluding carboxylic acids is 1. The second kappa shape index (κ2) is 16.2. The molecule has 276 valence electrons. The first-order valence-corrected chi connectivity index (χ1v) is 21.3. The number of aliphatic hydroxyl groups excluding tert-OH is 2. The van der Waals surface area contributed by atoms with E-state index in [0.717, 1.165) is 57.1 Å². The Morgan fingerprint density at radius 2 is 1.76 bits per heavy atom. The topological polar surface area (TPSA) is 116 Å². The van der Waals surface area contributed by atoms with E-state index >= 15 is 0 Å². The van der Waals surface area contributed by atoms with Gasteiger partial charge in [0.1, 0.15) is 0 Å². The van der Waals surface area contributed by atoms with Crippen LogP contribution < -0.4 is 5.32 Å². The molecule has 1 aromatic rings. The van der Waals surface area contributed by atoms with Gasteiger partial charge >= 0.3 is 5.97 Å². The van der Waals surface area contributed by atoms with Crippen LogP contribution in [0.5, 0.6) is 0 Å². The van der Waals surface area contributed by atoms with Crippen molar-refractivity contribution >= 4 is 33.5 Å². The van der Waals surface area contributed by atoms with E-state index in [1.54, 1.807) is 21.6 Å². The fraction of sp³-hybridized carbons (Fsp3) is 0.800. The number of hydrogen-bond donors (Lipinski definition) is 4. The summed E-state index contributed by atoms with van der Waals surface area (Å²) in [5.41, 5.74) is 1.43. The zero-order valence-corrected chi connectivity index (χ0v) is 32.4. The van der Waals surface area contributed by atoms with Gasteiger partial charge in [-0.2, -0.15) is 0 Å². The third kappa shape index (κ3) is 9.04. The number of amides is 1. The highest BCUT2D eigenvalue weighted by Crippen LogP contribution is 2.68. The van der Waals surface area contributed by atoms with Gasteiger partial charge in [0.25, 0.3) is 0 Å². The van der Waals surface area contributed by atoms with Crippen molar-refractivity contribution in [3.63, 3.8) is 0 Å². The maximum absolute atomic E-state index is 12.5. The average Bonchev–Trinajstić information content (AvgIpc) is 3.39. The Labute approximate surface area is 303 Å². The Kier molecular flexibility index (Phi) is 12.9. The summed E-state index contributed by atoms with van der Waals surface area (Å²) < 4.78 is 6.31. The van der Waals surface area contributed by atoms with Crippen molar-refractivity contribution in [1.29, 1.82) is 0 Å². The normalized spacial score (nSPS) is 36.3. The molecule has 49 heavy (non-hydrogen) atoms. The van der Waals surface area contributed by atoms with Gasteiger partial charge in [0.15, 0.2) is 0 Å². The monoisotopic (exact) mass is 717 g/mol. The van der Waals surface area contributed by atoms with Crippen LogP contribution >= 0.6 is 21.6 Å². The molecule has 4 aliphatic carbocycles. The lowest BCUT2D eigenvalue weighted by atomic mass is 9.43. The maximum atomic E-state index is 12.5.